The van der Waals surface area contributed by atoms with Crippen molar-refractivity contribution in [3.8, 4) is 0 Å². The maximum absolute atomic E-state index is 11.5. The molecule has 2 rings (SSSR count). The fraction of sp³-hybridized carbons (Fsp3) is 0.250. The van der Waals surface area contributed by atoms with Gasteiger partial charge in [-0.05, 0) is 23.8 Å². The molecule has 0 saturated carbocycles. The van der Waals surface area contributed by atoms with Gasteiger partial charge in [0, 0.05) is 31.3 Å². The van der Waals surface area contributed by atoms with E-state index in [1.807, 2.05) is 0 Å². The first-order valence-corrected chi connectivity index (χ1v) is 5.46. The number of rotatable bonds is 3. The molecule has 0 unspecified atom stereocenters. The van der Waals surface area contributed by atoms with E-state index < -0.39 is 11.0 Å². The van der Waals surface area contributed by atoms with Gasteiger partial charge in [0.2, 0.25) is 5.91 Å². The lowest BCUT2D eigenvalue weighted by Crippen LogP contribution is -2.52. The first-order chi connectivity index (χ1) is 8.56. The van der Waals surface area contributed by atoms with Gasteiger partial charge in [0.15, 0.2) is 0 Å². The number of aliphatic hydroxyl groups excluding tert-OH is 1. The van der Waals surface area contributed by atoms with E-state index in [9.17, 15) is 14.9 Å². The Morgan fingerprint density at radius 1 is 1.39 bits per heavy atom. The summed E-state index contributed by atoms with van der Waals surface area (Å²) in [5.41, 5.74) is 0.736. The van der Waals surface area contributed by atoms with Crippen molar-refractivity contribution in [2.24, 2.45) is 0 Å². The number of nitro groups is 1. The van der Waals surface area contributed by atoms with E-state index in [2.05, 4.69) is 0 Å². The second-order valence-electron chi connectivity index (χ2n) is 4.08. The van der Waals surface area contributed by atoms with Gasteiger partial charge < -0.3 is 10.0 Å². The lowest BCUT2D eigenvalue weighted by molar-refractivity contribution is -0.384. The smallest absolute Gasteiger partial charge is 0.269 e. The molecule has 94 valence electrons. The van der Waals surface area contributed by atoms with Gasteiger partial charge in [-0.25, -0.2) is 0 Å². The molecule has 0 radical (unpaired) electrons. The lowest BCUT2D eigenvalue weighted by Gasteiger charge is -2.34. The summed E-state index contributed by atoms with van der Waals surface area (Å²) in [7, 11) is 0. The van der Waals surface area contributed by atoms with Gasteiger partial charge in [-0.3, -0.25) is 14.9 Å². The number of carbonyl (C=O) groups excluding carboxylic acids is 1. The van der Waals surface area contributed by atoms with Crippen LogP contribution in [0.25, 0.3) is 6.08 Å². The highest BCUT2D eigenvalue weighted by Gasteiger charge is 2.26. The molecule has 0 spiro atoms. The minimum absolute atomic E-state index is 0.0179. The molecule has 1 heterocycles. The van der Waals surface area contributed by atoms with E-state index in [4.69, 9.17) is 5.11 Å². The molecule has 1 aromatic carbocycles. The topological polar surface area (TPSA) is 83.7 Å². The fourth-order valence-corrected chi connectivity index (χ4v) is 1.62. The van der Waals surface area contributed by atoms with Crippen LogP contribution < -0.4 is 0 Å². The maximum Gasteiger partial charge on any atom is 0.269 e. The Morgan fingerprint density at radius 3 is 2.50 bits per heavy atom. The number of amides is 1. The number of nitrogens with zero attached hydrogens (tertiary/aromatic N) is 2. The van der Waals surface area contributed by atoms with Crippen molar-refractivity contribution >= 4 is 17.7 Å². The normalized spacial score (nSPS) is 15.7. The Bertz CT molecular complexity index is 489. The maximum atomic E-state index is 11.5. The number of nitro benzene ring substituents is 1. The molecule has 1 aliphatic rings. The number of hydrogen-bond donors (Lipinski definition) is 1. The van der Waals surface area contributed by atoms with E-state index in [1.165, 1.54) is 23.1 Å². The third kappa shape index (κ3) is 2.72. The third-order valence-electron chi connectivity index (χ3n) is 2.70. The van der Waals surface area contributed by atoms with Crippen LogP contribution in [0.2, 0.25) is 0 Å². The molecular weight excluding hydrogens is 236 g/mol. The zero-order chi connectivity index (χ0) is 13.1. The summed E-state index contributed by atoms with van der Waals surface area (Å²) in [6, 6.07) is 5.93. The van der Waals surface area contributed by atoms with Crippen molar-refractivity contribution in [3.63, 3.8) is 0 Å². The van der Waals surface area contributed by atoms with Crippen molar-refractivity contribution in [1.82, 2.24) is 4.90 Å². The molecule has 1 aliphatic heterocycles. The van der Waals surface area contributed by atoms with Crippen LogP contribution in [0.5, 0.6) is 0 Å². The molecule has 18 heavy (non-hydrogen) atoms. The molecule has 0 aromatic heterocycles. The van der Waals surface area contributed by atoms with Crippen LogP contribution in [-0.2, 0) is 4.79 Å². The van der Waals surface area contributed by atoms with E-state index in [0.29, 0.717) is 13.1 Å². The van der Waals surface area contributed by atoms with Crippen molar-refractivity contribution in [3.05, 3.63) is 46.0 Å². The average molecular weight is 248 g/mol. The quantitative estimate of drug-likeness (QED) is 0.487. The summed E-state index contributed by atoms with van der Waals surface area (Å²) < 4.78 is 0. The molecular formula is C12H12N2O4. The highest BCUT2D eigenvalue weighted by atomic mass is 16.6. The van der Waals surface area contributed by atoms with Gasteiger partial charge in [0.25, 0.3) is 5.69 Å². The molecule has 1 N–H and O–H groups in total. The summed E-state index contributed by atoms with van der Waals surface area (Å²) in [5, 5.41) is 19.5. The molecule has 1 amide bonds. The SMILES string of the molecule is O=C(C=Cc1ccc([N+](=O)[O-])cc1)N1CC(O)C1. The van der Waals surface area contributed by atoms with E-state index in [-0.39, 0.29) is 11.6 Å². The van der Waals surface area contributed by atoms with Crippen LogP contribution in [-0.4, -0.2) is 40.0 Å². The average Bonchev–Trinajstić information content (AvgIpc) is 2.32. The van der Waals surface area contributed by atoms with Crippen LogP contribution in [0.1, 0.15) is 5.56 Å². The van der Waals surface area contributed by atoms with E-state index >= 15 is 0 Å². The van der Waals surface area contributed by atoms with Gasteiger partial charge in [0.05, 0.1) is 11.0 Å². The van der Waals surface area contributed by atoms with Gasteiger partial charge in [-0.15, -0.1) is 0 Å². The monoisotopic (exact) mass is 248 g/mol. The van der Waals surface area contributed by atoms with Crippen LogP contribution in [0.4, 0.5) is 5.69 Å². The second-order valence-corrected chi connectivity index (χ2v) is 4.08. The number of non-ortho nitro benzene ring substituents is 1. The summed E-state index contributed by atoms with van der Waals surface area (Å²) in [5.74, 6) is -0.168. The summed E-state index contributed by atoms with van der Waals surface area (Å²) >= 11 is 0. The summed E-state index contributed by atoms with van der Waals surface area (Å²) in [6.07, 6.45) is 2.57. The Morgan fingerprint density at radius 2 is 2.00 bits per heavy atom. The van der Waals surface area contributed by atoms with Gasteiger partial charge >= 0.3 is 0 Å². The van der Waals surface area contributed by atoms with Crippen LogP contribution >= 0.6 is 0 Å². The summed E-state index contributed by atoms with van der Waals surface area (Å²) in [6.45, 7) is 0.729. The highest BCUT2D eigenvalue weighted by molar-refractivity contribution is 5.92. The highest BCUT2D eigenvalue weighted by Crippen LogP contribution is 2.13. The van der Waals surface area contributed by atoms with Crippen LogP contribution in [0.3, 0.4) is 0 Å². The van der Waals surface area contributed by atoms with Crippen LogP contribution in [0, 0.1) is 10.1 Å². The first kappa shape index (κ1) is 12.3. The van der Waals surface area contributed by atoms with Crippen molar-refractivity contribution in [2.75, 3.05) is 13.1 Å². The lowest BCUT2D eigenvalue weighted by atomic mass is 10.1. The zero-order valence-electron chi connectivity index (χ0n) is 9.52. The van der Waals surface area contributed by atoms with E-state index in [0.717, 1.165) is 5.56 Å². The van der Waals surface area contributed by atoms with Crippen LogP contribution in [0.15, 0.2) is 30.3 Å². The largest absolute Gasteiger partial charge is 0.389 e. The summed E-state index contributed by atoms with van der Waals surface area (Å²) in [4.78, 5) is 23.0. The molecule has 6 heteroatoms. The van der Waals surface area contributed by atoms with Gasteiger partial charge in [-0.2, -0.15) is 0 Å². The molecule has 1 saturated heterocycles. The number of aliphatic hydroxyl groups is 1. The second kappa shape index (κ2) is 4.97. The number of likely N-dealkylation sites (tertiary alicyclic amines) is 1. The number of benzene rings is 1. The first-order valence-electron chi connectivity index (χ1n) is 5.46. The van der Waals surface area contributed by atoms with E-state index in [1.54, 1.807) is 18.2 Å². The minimum atomic E-state index is -0.472. The zero-order valence-corrected chi connectivity index (χ0v) is 9.52. The molecule has 1 aromatic rings. The Balaban J connectivity index is 1.96. The third-order valence-corrected chi connectivity index (χ3v) is 2.70. The predicted octanol–water partition coefficient (Wildman–Crippen LogP) is 0.811. The molecule has 0 aliphatic carbocycles. The fourth-order valence-electron chi connectivity index (χ4n) is 1.62. The standard InChI is InChI=1S/C12H12N2O4/c15-11-7-13(8-11)12(16)6-3-9-1-4-10(5-2-9)14(17)18/h1-6,11,15H,7-8H2. The Kier molecular flexibility index (Phi) is 3.38. The van der Waals surface area contributed by atoms with Crippen molar-refractivity contribution in [2.45, 2.75) is 6.10 Å². The van der Waals surface area contributed by atoms with Crippen molar-refractivity contribution < 1.29 is 14.8 Å². The predicted molar refractivity (Wildman–Crippen MR) is 64.7 cm³/mol. The Labute approximate surface area is 103 Å². The van der Waals surface area contributed by atoms with Crippen molar-refractivity contribution in [1.29, 1.82) is 0 Å². The number of β-amino-alcohol motifs (C(OH)–C–C–N with tert-alkyl or cyclic N) is 1. The van der Waals surface area contributed by atoms with Gasteiger partial charge in [0.1, 0.15) is 0 Å². The Hall–Kier alpha value is -2.21. The minimum Gasteiger partial charge on any atom is -0.389 e. The molecule has 0 bridgehead atoms. The van der Waals surface area contributed by atoms with Gasteiger partial charge in [-0.1, -0.05) is 0 Å². The number of hydrogen-bond acceptors (Lipinski definition) is 4. The number of carbonyl (C=O) groups is 1. The molecule has 0 atom stereocenters. The molecule has 6 nitrogen and oxygen atoms in total. The molecule has 1 fully saturated rings.